The zero-order valence-electron chi connectivity index (χ0n) is 21.0. The van der Waals surface area contributed by atoms with Crippen LogP contribution in [0.5, 0.6) is 11.5 Å². The Labute approximate surface area is 216 Å². The lowest BCUT2D eigenvalue weighted by Gasteiger charge is -2.13. The van der Waals surface area contributed by atoms with Crippen molar-refractivity contribution in [2.75, 3.05) is 51.1 Å². The molecule has 0 aliphatic heterocycles. The van der Waals surface area contributed by atoms with Crippen molar-refractivity contribution in [1.29, 1.82) is 0 Å². The lowest BCUT2D eigenvalue weighted by Crippen LogP contribution is -2.29. The van der Waals surface area contributed by atoms with E-state index in [0.717, 1.165) is 5.56 Å². The van der Waals surface area contributed by atoms with E-state index in [-0.39, 0.29) is 36.1 Å². The maximum Gasteiger partial charge on any atom is 0.343 e. The molecule has 0 fully saturated rings. The van der Waals surface area contributed by atoms with E-state index in [1.54, 1.807) is 39.3 Å². The van der Waals surface area contributed by atoms with Crippen molar-refractivity contribution in [3.8, 4) is 11.5 Å². The molecule has 12 heteroatoms. The van der Waals surface area contributed by atoms with Gasteiger partial charge in [-0.2, -0.15) is 4.98 Å². The second-order valence-corrected chi connectivity index (χ2v) is 9.45. The number of benzene rings is 2. The normalized spacial score (nSPS) is 11.0. The molecule has 1 aromatic heterocycles. The van der Waals surface area contributed by atoms with Gasteiger partial charge < -0.3 is 24.8 Å². The van der Waals surface area contributed by atoms with Crippen LogP contribution in [-0.4, -0.2) is 64.8 Å². The Morgan fingerprint density at radius 3 is 2.41 bits per heavy atom. The summed E-state index contributed by atoms with van der Waals surface area (Å²) in [6, 6.07) is 13.8. The molecule has 2 aromatic carbocycles. The molecule has 3 rings (SSSR count). The van der Waals surface area contributed by atoms with Gasteiger partial charge in [-0.3, -0.25) is 0 Å². The first-order valence-corrected chi connectivity index (χ1v) is 13.1. The second-order valence-electron chi connectivity index (χ2n) is 7.68. The average Bonchev–Trinajstić information content (AvgIpc) is 2.91. The fourth-order valence-electron chi connectivity index (χ4n) is 3.36. The number of rotatable bonds is 14. The summed E-state index contributed by atoms with van der Waals surface area (Å²) in [6.45, 7) is 2.74. The molecule has 0 spiro atoms. The van der Waals surface area contributed by atoms with Crippen LogP contribution >= 0.6 is 0 Å². The number of nitrogens with one attached hydrogen (secondary N) is 3. The number of hydrogen-bond donors (Lipinski definition) is 3. The van der Waals surface area contributed by atoms with E-state index >= 15 is 0 Å². The lowest BCUT2D eigenvalue weighted by atomic mass is 10.1. The maximum absolute atomic E-state index is 12.4. The molecule has 0 saturated carbocycles. The van der Waals surface area contributed by atoms with Gasteiger partial charge in [0.1, 0.15) is 11.4 Å². The van der Waals surface area contributed by atoms with Crippen molar-refractivity contribution in [3.05, 3.63) is 65.9 Å². The van der Waals surface area contributed by atoms with Crippen molar-refractivity contribution in [3.63, 3.8) is 0 Å². The first kappa shape index (κ1) is 27.7. The Kier molecular flexibility index (Phi) is 10.0. The predicted molar refractivity (Wildman–Crippen MR) is 140 cm³/mol. The molecule has 1 heterocycles. The van der Waals surface area contributed by atoms with Crippen LogP contribution in [0.4, 0.5) is 11.8 Å². The third kappa shape index (κ3) is 7.79. The highest BCUT2D eigenvalue weighted by Crippen LogP contribution is 2.27. The zero-order valence-corrected chi connectivity index (χ0v) is 21.8. The first-order valence-electron chi connectivity index (χ1n) is 11.7. The largest absolute Gasteiger partial charge is 0.493 e. The van der Waals surface area contributed by atoms with Gasteiger partial charge in [-0.15, -0.1) is 0 Å². The van der Waals surface area contributed by atoms with Gasteiger partial charge in [-0.25, -0.2) is 22.9 Å². The molecule has 0 saturated heterocycles. The van der Waals surface area contributed by atoms with Gasteiger partial charge in [0, 0.05) is 25.8 Å². The number of methoxy groups -OCH3 is 2. The number of carbonyl (C=O) groups is 1. The molecule has 0 aliphatic rings. The topological polar surface area (TPSA) is 141 Å². The number of sulfonamides is 1. The molecule has 0 unspecified atom stereocenters. The van der Waals surface area contributed by atoms with Crippen LogP contribution in [0, 0.1) is 0 Å². The number of esters is 1. The quantitative estimate of drug-likeness (QED) is 0.211. The van der Waals surface area contributed by atoms with Crippen LogP contribution in [0.1, 0.15) is 22.8 Å². The molecule has 0 bridgehead atoms. The molecule has 11 nitrogen and oxygen atoms in total. The van der Waals surface area contributed by atoms with E-state index in [0.29, 0.717) is 30.3 Å². The van der Waals surface area contributed by atoms with Crippen molar-refractivity contribution in [1.82, 2.24) is 14.7 Å². The monoisotopic (exact) mass is 529 g/mol. The lowest BCUT2D eigenvalue weighted by molar-refractivity contribution is 0.0526. The van der Waals surface area contributed by atoms with Gasteiger partial charge in [-0.05, 0) is 43.2 Å². The van der Waals surface area contributed by atoms with E-state index in [1.807, 2.05) is 18.2 Å². The molecular formula is C25H31N5O6S. The first-order chi connectivity index (χ1) is 17.9. The van der Waals surface area contributed by atoms with Crippen LogP contribution < -0.4 is 24.8 Å². The summed E-state index contributed by atoms with van der Waals surface area (Å²) in [6.07, 6.45) is 2.00. The molecule has 0 aliphatic carbocycles. The third-order valence-electron chi connectivity index (χ3n) is 5.19. The Morgan fingerprint density at radius 1 is 0.946 bits per heavy atom. The standard InChI is InChI=1S/C25H31N5O6S/c1-4-36-24(31)20-17-28-25(27-14-15-29-37(32,33)19-8-6-5-7-9-19)30-23(20)26-13-12-18-10-11-21(34-2)22(16-18)35-3/h5-11,16-17,29H,4,12-15H2,1-3H3,(H2,26,27,28,30). The fraction of sp³-hybridized carbons (Fsp3) is 0.320. The average molecular weight is 530 g/mol. The van der Waals surface area contributed by atoms with Crippen molar-refractivity contribution >= 4 is 27.8 Å². The van der Waals surface area contributed by atoms with Gasteiger partial charge in [0.25, 0.3) is 0 Å². The summed E-state index contributed by atoms with van der Waals surface area (Å²) < 4.78 is 42.9. The van der Waals surface area contributed by atoms with E-state index in [4.69, 9.17) is 14.2 Å². The molecule has 37 heavy (non-hydrogen) atoms. The number of anilines is 2. The molecule has 0 radical (unpaired) electrons. The third-order valence-corrected chi connectivity index (χ3v) is 6.67. The SMILES string of the molecule is CCOC(=O)c1cnc(NCCNS(=O)(=O)c2ccccc2)nc1NCCc1ccc(OC)c(OC)c1. The summed E-state index contributed by atoms with van der Waals surface area (Å²) in [5, 5.41) is 6.14. The summed E-state index contributed by atoms with van der Waals surface area (Å²) >= 11 is 0. The van der Waals surface area contributed by atoms with Gasteiger partial charge in [0.05, 0.1) is 25.7 Å². The van der Waals surface area contributed by atoms with Gasteiger partial charge in [-0.1, -0.05) is 24.3 Å². The Bertz CT molecular complexity index is 1290. The van der Waals surface area contributed by atoms with Crippen LogP contribution in [0.2, 0.25) is 0 Å². The number of ether oxygens (including phenoxy) is 3. The molecule has 3 aromatic rings. The second kappa shape index (κ2) is 13.4. The van der Waals surface area contributed by atoms with Gasteiger partial charge in [0.15, 0.2) is 11.5 Å². The van der Waals surface area contributed by atoms with Crippen LogP contribution in [0.3, 0.4) is 0 Å². The fourth-order valence-corrected chi connectivity index (χ4v) is 4.42. The van der Waals surface area contributed by atoms with Gasteiger partial charge >= 0.3 is 5.97 Å². The molecule has 0 atom stereocenters. The summed E-state index contributed by atoms with van der Waals surface area (Å²) in [5.74, 6) is 1.27. The van der Waals surface area contributed by atoms with E-state index in [2.05, 4.69) is 25.3 Å². The highest BCUT2D eigenvalue weighted by Gasteiger charge is 2.17. The van der Waals surface area contributed by atoms with Gasteiger partial charge in [0.2, 0.25) is 16.0 Å². The summed E-state index contributed by atoms with van der Waals surface area (Å²) in [7, 11) is -0.461. The minimum atomic E-state index is -3.62. The number of nitrogens with zero attached hydrogens (tertiary/aromatic N) is 2. The predicted octanol–water partition coefficient (Wildman–Crippen LogP) is 2.72. The minimum Gasteiger partial charge on any atom is -0.493 e. The molecule has 198 valence electrons. The van der Waals surface area contributed by atoms with E-state index in [1.165, 1.54) is 18.3 Å². The van der Waals surface area contributed by atoms with Crippen molar-refractivity contribution < 1.29 is 27.4 Å². The number of hydrogen-bond acceptors (Lipinski definition) is 10. The zero-order chi connectivity index (χ0) is 26.7. The Balaban J connectivity index is 1.63. The minimum absolute atomic E-state index is 0.113. The Morgan fingerprint density at radius 2 is 1.70 bits per heavy atom. The van der Waals surface area contributed by atoms with Crippen LogP contribution in [0.25, 0.3) is 0 Å². The van der Waals surface area contributed by atoms with E-state index in [9.17, 15) is 13.2 Å². The molecular weight excluding hydrogens is 498 g/mol. The smallest absolute Gasteiger partial charge is 0.343 e. The van der Waals surface area contributed by atoms with Crippen molar-refractivity contribution in [2.45, 2.75) is 18.2 Å². The molecule has 0 amide bonds. The highest BCUT2D eigenvalue weighted by atomic mass is 32.2. The Hall–Kier alpha value is -3.90. The van der Waals surface area contributed by atoms with E-state index < -0.39 is 16.0 Å². The van der Waals surface area contributed by atoms with Crippen LogP contribution in [0.15, 0.2) is 59.6 Å². The summed E-state index contributed by atoms with van der Waals surface area (Å²) in [5.41, 5.74) is 1.20. The number of carbonyl (C=O) groups excluding carboxylic acids is 1. The molecule has 3 N–H and O–H groups in total. The highest BCUT2D eigenvalue weighted by molar-refractivity contribution is 7.89. The maximum atomic E-state index is 12.4. The number of aromatic nitrogens is 2. The summed E-state index contributed by atoms with van der Waals surface area (Å²) in [4.78, 5) is 21.2. The van der Waals surface area contributed by atoms with Crippen LogP contribution in [-0.2, 0) is 21.2 Å². The van der Waals surface area contributed by atoms with Crippen molar-refractivity contribution in [2.24, 2.45) is 0 Å².